The van der Waals surface area contributed by atoms with Gasteiger partial charge in [0.2, 0.25) is 0 Å². The molecule has 0 bridgehead atoms. The van der Waals surface area contributed by atoms with Crippen LogP contribution in [0.2, 0.25) is 0 Å². The van der Waals surface area contributed by atoms with Crippen LogP contribution in [0.1, 0.15) is 29.4 Å². The molecule has 84 valence electrons. The lowest BCUT2D eigenvalue weighted by Gasteiger charge is -2.24. The first kappa shape index (κ1) is 10.9. The average Bonchev–Trinajstić information content (AvgIpc) is 2.75. The zero-order valence-electron chi connectivity index (χ0n) is 9.78. The van der Waals surface area contributed by atoms with Crippen molar-refractivity contribution in [3.8, 4) is 0 Å². The third-order valence-electron chi connectivity index (χ3n) is 3.09. The van der Waals surface area contributed by atoms with Gasteiger partial charge in [0.25, 0.3) is 0 Å². The van der Waals surface area contributed by atoms with E-state index in [0.29, 0.717) is 5.82 Å². The molecule has 0 aliphatic rings. The van der Waals surface area contributed by atoms with E-state index in [0.717, 1.165) is 11.1 Å². The summed E-state index contributed by atoms with van der Waals surface area (Å²) in [6.07, 6.45) is 3.36. The van der Waals surface area contributed by atoms with Gasteiger partial charge < -0.3 is 10.1 Å². The molecular weight excluding hydrogens is 200 g/mol. The van der Waals surface area contributed by atoms with Crippen molar-refractivity contribution in [3.63, 3.8) is 0 Å². The molecule has 3 heteroatoms. The quantitative estimate of drug-likeness (QED) is 0.809. The fraction of sp³-hybridized carbons (Fsp3) is 0.308. The molecule has 1 atom stereocenters. The van der Waals surface area contributed by atoms with Gasteiger partial charge in [0.1, 0.15) is 11.4 Å². The number of aromatic amines is 1. The molecule has 0 amide bonds. The number of rotatable bonds is 2. The number of nitrogens with one attached hydrogen (secondary N) is 1. The third-order valence-corrected chi connectivity index (χ3v) is 3.09. The lowest BCUT2D eigenvalue weighted by Crippen LogP contribution is -2.25. The van der Waals surface area contributed by atoms with Crippen LogP contribution >= 0.6 is 0 Å². The lowest BCUT2D eigenvalue weighted by molar-refractivity contribution is 0.0924. The van der Waals surface area contributed by atoms with Crippen LogP contribution in [0.5, 0.6) is 0 Å². The summed E-state index contributed by atoms with van der Waals surface area (Å²) < 4.78 is 0. The molecule has 0 aliphatic heterocycles. The molecule has 0 saturated carbocycles. The number of H-pyrrole nitrogens is 1. The normalized spacial score (nSPS) is 14.8. The van der Waals surface area contributed by atoms with E-state index in [4.69, 9.17) is 0 Å². The molecule has 2 rings (SSSR count). The minimum Gasteiger partial charge on any atom is -0.377 e. The van der Waals surface area contributed by atoms with E-state index in [1.807, 2.05) is 32.0 Å². The molecule has 1 aromatic heterocycles. The number of aryl methyl sites for hydroxylation is 1. The third kappa shape index (κ3) is 1.63. The minimum absolute atomic E-state index is 0.571. The number of imidazole rings is 1. The number of aliphatic hydroxyl groups is 1. The van der Waals surface area contributed by atoms with E-state index in [-0.39, 0.29) is 0 Å². The maximum absolute atomic E-state index is 10.6. The highest BCUT2D eigenvalue weighted by atomic mass is 16.3. The Bertz CT molecular complexity index is 487. The summed E-state index contributed by atoms with van der Waals surface area (Å²) in [5.41, 5.74) is 2.09. The fourth-order valence-electron chi connectivity index (χ4n) is 1.94. The second kappa shape index (κ2) is 3.76. The molecule has 0 radical (unpaired) electrons. The van der Waals surface area contributed by atoms with E-state index in [9.17, 15) is 5.11 Å². The number of hydrogen-bond acceptors (Lipinski definition) is 2. The van der Waals surface area contributed by atoms with Gasteiger partial charge in [-0.2, -0.15) is 0 Å². The van der Waals surface area contributed by atoms with Crippen molar-refractivity contribution in [2.75, 3.05) is 0 Å². The van der Waals surface area contributed by atoms with E-state index >= 15 is 0 Å². The first-order valence-corrected chi connectivity index (χ1v) is 5.32. The summed E-state index contributed by atoms with van der Waals surface area (Å²) in [4.78, 5) is 7.09. The molecule has 1 unspecified atom stereocenters. The smallest absolute Gasteiger partial charge is 0.144 e. The molecule has 16 heavy (non-hydrogen) atoms. The topological polar surface area (TPSA) is 48.9 Å². The zero-order valence-corrected chi connectivity index (χ0v) is 9.78. The Hall–Kier alpha value is -1.61. The average molecular weight is 216 g/mol. The molecule has 0 fully saturated rings. The molecular formula is C13H16N2O. The predicted molar refractivity (Wildman–Crippen MR) is 63.2 cm³/mol. The van der Waals surface area contributed by atoms with Gasteiger partial charge in [0.15, 0.2) is 0 Å². The summed E-state index contributed by atoms with van der Waals surface area (Å²) >= 11 is 0. The molecule has 2 N–H and O–H groups in total. The maximum Gasteiger partial charge on any atom is 0.144 e. The van der Waals surface area contributed by atoms with Crippen LogP contribution < -0.4 is 0 Å². The van der Waals surface area contributed by atoms with E-state index in [2.05, 4.69) is 9.97 Å². The molecule has 0 saturated heterocycles. The Morgan fingerprint density at radius 2 is 2.06 bits per heavy atom. The maximum atomic E-state index is 10.6. The van der Waals surface area contributed by atoms with Crippen molar-refractivity contribution in [1.82, 2.24) is 9.97 Å². The van der Waals surface area contributed by atoms with Gasteiger partial charge in [-0.3, -0.25) is 0 Å². The van der Waals surface area contributed by atoms with Crippen molar-refractivity contribution >= 4 is 0 Å². The van der Waals surface area contributed by atoms with Crippen LogP contribution in [0, 0.1) is 13.8 Å². The van der Waals surface area contributed by atoms with Crippen LogP contribution in [0.25, 0.3) is 0 Å². The van der Waals surface area contributed by atoms with E-state index < -0.39 is 5.60 Å². The Balaban J connectivity index is 2.56. The van der Waals surface area contributed by atoms with Crippen molar-refractivity contribution < 1.29 is 5.11 Å². The number of benzene rings is 1. The predicted octanol–water partition coefficient (Wildman–Crippen LogP) is 2.28. The molecule has 2 aromatic rings. The summed E-state index contributed by atoms with van der Waals surface area (Å²) in [5.74, 6) is 0.571. The van der Waals surface area contributed by atoms with Crippen LogP contribution in [-0.4, -0.2) is 15.1 Å². The highest BCUT2D eigenvalue weighted by molar-refractivity contribution is 5.39. The summed E-state index contributed by atoms with van der Waals surface area (Å²) in [5, 5.41) is 10.6. The van der Waals surface area contributed by atoms with E-state index in [1.54, 1.807) is 19.3 Å². The molecule has 1 aromatic carbocycles. The Morgan fingerprint density at radius 1 is 1.31 bits per heavy atom. The Kier molecular flexibility index (Phi) is 2.56. The van der Waals surface area contributed by atoms with E-state index in [1.165, 1.54) is 5.56 Å². The van der Waals surface area contributed by atoms with Gasteiger partial charge in [-0.25, -0.2) is 4.98 Å². The van der Waals surface area contributed by atoms with Crippen LogP contribution in [-0.2, 0) is 5.60 Å². The summed E-state index contributed by atoms with van der Waals surface area (Å²) in [6.45, 7) is 5.81. The molecule has 1 heterocycles. The SMILES string of the molecule is Cc1cccc(C(C)(O)c2ncc[nH]2)c1C. The van der Waals surface area contributed by atoms with Crippen LogP contribution in [0.3, 0.4) is 0 Å². The minimum atomic E-state index is -1.07. The Morgan fingerprint density at radius 3 is 2.69 bits per heavy atom. The molecule has 0 aliphatic carbocycles. The van der Waals surface area contributed by atoms with Crippen molar-refractivity contribution in [1.29, 1.82) is 0 Å². The standard InChI is InChI=1S/C13H16N2O/c1-9-5-4-6-11(10(9)2)13(3,16)12-14-7-8-15-12/h4-8,16H,1-3H3,(H,14,15). The number of hydrogen-bond donors (Lipinski definition) is 2. The first-order chi connectivity index (χ1) is 7.53. The second-order valence-electron chi connectivity index (χ2n) is 4.26. The van der Waals surface area contributed by atoms with Gasteiger partial charge in [-0.15, -0.1) is 0 Å². The molecule has 0 spiro atoms. The fourth-order valence-corrected chi connectivity index (χ4v) is 1.94. The van der Waals surface area contributed by atoms with Gasteiger partial charge in [0, 0.05) is 12.4 Å². The van der Waals surface area contributed by atoms with Gasteiger partial charge in [-0.1, -0.05) is 18.2 Å². The monoisotopic (exact) mass is 216 g/mol. The summed E-state index contributed by atoms with van der Waals surface area (Å²) in [6, 6.07) is 5.93. The first-order valence-electron chi connectivity index (χ1n) is 5.32. The highest BCUT2D eigenvalue weighted by Crippen LogP contribution is 2.29. The number of nitrogens with zero attached hydrogens (tertiary/aromatic N) is 1. The largest absolute Gasteiger partial charge is 0.377 e. The molecule has 3 nitrogen and oxygen atoms in total. The van der Waals surface area contributed by atoms with Gasteiger partial charge in [0.05, 0.1) is 0 Å². The highest BCUT2D eigenvalue weighted by Gasteiger charge is 2.29. The zero-order chi connectivity index (χ0) is 11.8. The lowest BCUT2D eigenvalue weighted by atomic mass is 9.89. The van der Waals surface area contributed by atoms with Crippen molar-refractivity contribution in [3.05, 3.63) is 53.1 Å². The van der Waals surface area contributed by atoms with Gasteiger partial charge in [-0.05, 0) is 37.5 Å². The van der Waals surface area contributed by atoms with Crippen molar-refractivity contribution in [2.45, 2.75) is 26.4 Å². The van der Waals surface area contributed by atoms with Crippen LogP contribution in [0.15, 0.2) is 30.6 Å². The van der Waals surface area contributed by atoms with Crippen LogP contribution in [0.4, 0.5) is 0 Å². The van der Waals surface area contributed by atoms with Crippen molar-refractivity contribution in [2.24, 2.45) is 0 Å². The summed E-state index contributed by atoms with van der Waals surface area (Å²) in [7, 11) is 0. The second-order valence-corrected chi connectivity index (χ2v) is 4.26. The Labute approximate surface area is 95.2 Å². The van der Waals surface area contributed by atoms with Gasteiger partial charge >= 0.3 is 0 Å². The number of aromatic nitrogens is 2.